The van der Waals surface area contributed by atoms with Crippen LogP contribution in [0.1, 0.15) is 38.2 Å². The van der Waals surface area contributed by atoms with Gasteiger partial charge in [0.1, 0.15) is 5.82 Å². The van der Waals surface area contributed by atoms with Crippen molar-refractivity contribution >= 4 is 17.4 Å². The molecule has 0 spiro atoms. The van der Waals surface area contributed by atoms with Gasteiger partial charge in [-0.2, -0.15) is 0 Å². The minimum Gasteiger partial charge on any atom is -0.397 e. The van der Waals surface area contributed by atoms with Gasteiger partial charge in [0.25, 0.3) is 0 Å². The number of nitrogens with two attached hydrogens (primary N) is 1. The molecule has 4 heteroatoms. The number of nitrogens with one attached hydrogen (secondary N) is 1. The fourth-order valence-electron chi connectivity index (χ4n) is 2.28. The second-order valence-electron chi connectivity index (χ2n) is 5.15. The monoisotopic (exact) mass is 233 g/mol. The van der Waals surface area contributed by atoms with Crippen molar-refractivity contribution in [2.24, 2.45) is 5.41 Å². The van der Waals surface area contributed by atoms with E-state index in [1.165, 1.54) is 0 Å². The number of aromatic nitrogens is 1. The number of aryl methyl sites for hydroxylation is 1. The van der Waals surface area contributed by atoms with Crippen LogP contribution in [0, 0.1) is 12.3 Å². The minimum atomic E-state index is -0.225. The lowest BCUT2D eigenvalue weighted by atomic mass is 9.88. The van der Waals surface area contributed by atoms with Gasteiger partial charge in [-0.15, -0.1) is 0 Å². The van der Waals surface area contributed by atoms with Gasteiger partial charge in [0.2, 0.25) is 5.91 Å². The Bertz CT molecular complexity index is 436. The molecule has 1 aromatic rings. The van der Waals surface area contributed by atoms with Gasteiger partial charge in [-0.05, 0) is 31.4 Å². The third kappa shape index (κ3) is 2.40. The molecule has 1 fully saturated rings. The maximum Gasteiger partial charge on any atom is 0.231 e. The van der Waals surface area contributed by atoms with Gasteiger partial charge in [-0.1, -0.05) is 19.8 Å². The van der Waals surface area contributed by atoms with Gasteiger partial charge < -0.3 is 11.1 Å². The maximum atomic E-state index is 12.2. The quantitative estimate of drug-likeness (QED) is 0.824. The summed E-state index contributed by atoms with van der Waals surface area (Å²) in [5, 5.41) is 2.89. The molecule has 1 amide bonds. The van der Waals surface area contributed by atoms with Crippen LogP contribution in [0.2, 0.25) is 0 Å². The summed E-state index contributed by atoms with van der Waals surface area (Å²) in [4.78, 5) is 16.3. The highest BCUT2D eigenvalue weighted by atomic mass is 16.2. The van der Waals surface area contributed by atoms with Gasteiger partial charge in [0.05, 0.1) is 11.9 Å². The van der Waals surface area contributed by atoms with E-state index in [1.807, 2.05) is 19.9 Å². The fraction of sp³-hybridized carbons (Fsp3) is 0.538. The van der Waals surface area contributed by atoms with Crippen molar-refractivity contribution in [1.82, 2.24) is 4.98 Å². The molecule has 0 bridgehead atoms. The van der Waals surface area contributed by atoms with Crippen molar-refractivity contribution in [2.75, 3.05) is 11.1 Å². The Balaban J connectivity index is 2.10. The molecule has 0 unspecified atom stereocenters. The molecular weight excluding hydrogens is 214 g/mol. The number of carbonyl (C=O) groups is 1. The zero-order valence-corrected chi connectivity index (χ0v) is 10.4. The summed E-state index contributed by atoms with van der Waals surface area (Å²) in [7, 11) is 0. The zero-order chi connectivity index (χ0) is 12.5. The molecule has 0 aromatic carbocycles. The number of carbonyl (C=O) groups excluding carboxylic acids is 1. The van der Waals surface area contributed by atoms with E-state index in [0.717, 1.165) is 31.2 Å². The Hall–Kier alpha value is -1.58. The normalized spacial score (nSPS) is 18.0. The van der Waals surface area contributed by atoms with E-state index in [1.54, 1.807) is 6.20 Å². The first-order valence-corrected chi connectivity index (χ1v) is 6.05. The highest BCUT2D eigenvalue weighted by Crippen LogP contribution is 2.38. The molecule has 1 aliphatic carbocycles. The molecule has 2 rings (SSSR count). The molecular formula is C13H19N3O. The van der Waals surface area contributed by atoms with Gasteiger partial charge in [-0.25, -0.2) is 4.98 Å². The predicted octanol–water partition coefficient (Wildman–Crippen LogP) is 2.49. The molecule has 1 saturated carbocycles. The summed E-state index contributed by atoms with van der Waals surface area (Å²) in [6, 6.07) is 1.81. The third-order valence-electron chi connectivity index (χ3n) is 3.65. The number of anilines is 2. The van der Waals surface area contributed by atoms with E-state index in [0.29, 0.717) is 11.5 Å². The first-order chi connectivity index (χ1) is 8.01. The minimum absolute atomic E-state index is 0.0756. The first kappa shape index (κ1) is 11.9. The standard InChI is InChI=1S/C13H19N3O/c1-9-7-11(15-8-10(9)14)16-12(17)13(2)5-3-4-6-13/h7-8H,3-6,14H2,1-2H3,(H,15,16,17). The Morgan fingerprint density at radius 3 is 2.71 bits per heavy atom. The van der Waals surface area contributed by atoms with Gasteiger partial charge in [-0.3, -0.25) is 4.79 Å². The topological polar surface area (TPSA) is 68.0 Å². The number of hydrogen-bond acceptors (Lipinski definition) is 3. The Morgan fingerprint density at radius 2 is 2.12 bits per heavy atom. The number of nitrogen functional groups attached to an aromatic ring is 1. The lowest BCUT2D eigenvalue weighted by molar-refractivity contribution is -0.124. The van der Waals surface area contributed by atoms with Crippen LogP contribution in [-0.2, 0) is 4.79 Å². The molecule has 0 saturated heterocycles. The largest absolute Gasteiger partial charge is 0.397 e. The van der Waals surface area contributed by atoms with E-state index in [2.05, 4.69) is 10.3 Å². The SMILES string of the molecule is Cc1cc(NC(=O)C2(C)CCCC2)ncc1N. The average molecular weight is 233 g/mol. The smallest absolute Gasteiger partial charge is 0.231 e. The number of hydrogen-bond donors (Lipinski definition) is 2. The van der Waals surface area contributed by atoms with Crippen LogP contribution in [0.25, 0.3) is 0 Å². The summed E-state index contributed by atoms with van der Waals surface area (Å²) < 4.78 is 0. The van der Waals surface area contributed by atoms with Crippen molar-refractivity contribution in [3.63, 3.8) is 0 Å². The summed E-state index contributed by atoms with van der Waals surface area (Å²) in [6.07, 6.45) is 5.79. The van der Waals surface area contributed by atoms with Crippen LogP contribution in [0.3, 0.4) is 0 Å². The van der Waals surface area contributed by atoms with E-state index >= 15 is 0 Å². The second kappa shape index (κ2) is 4.35. The van der Waals surface area contributed by atoms with Crippen molar-refractivity contribution in [2.45, 2.75) is 39.5 Å². The van der Waals surface area contributed by atoms with Crippen LogP contribution < -0.4 is 11.1 Å². The molecule has 1 aliphatic rings. The molecule has 4 nitrogen and oxygen atoms in total. The number of pyridine rings is 1. The lowest BCUT2D eigenvalue weighted by Gasteiger charge is -2.21. The van der Waals surface area contributed by atoms with Crippen LogP contribution >= 0.6 is 0 Å². The second-order valence-corrected chi connectivity index (χ2v) is 5.15. The molecule has 0 radical (unpaired) electrons. The van der Waals surface area contributed by atoms with E-state index < -0.39 is 0 Å². The van der Waals surface area contributed by atoms with Crippen molar-refractivity contribution < 1.29 is 4.79 Å². The van der Waals surface area contributed by atoms with Crippen molar-refractivity contribution in [3.05, 3.63) is 17.8 Å². The van der Waals surface area contributed by atoms with Gasteiger partial charge in [0, 0.05) is 5.41 Å². The Labute approximate surface area is 102 Å². The average Bonchev–Trinajstić information content (AvgIpc) is 2.72. The summed E-state index contributed by atoms with van der Waals surface area (Å²) in [5.74, 6) is 0.668. The van der Waals surface area contributed by atoms with Gasteiger partial charge in [0.15, 0.2) is 0 Å². The van der Waals surface area contributed by atoms with Crippen LogP contribution in [0.4, 0.5) is 11.5 Å². The molecule has 0 atom stereocenters. The Kier molecular flexibility index (Phi) is 3.05. The van der Waals surface area contributed by atoms with Crippen LogP contribution in [0.5, 0.6) is 0 Å². The third-order valence-corrected chi connectivity index (χ3v) is 3.65. The molecule has 0 aliphatic heterocycles. The Morgan fingerprint density at radius 1 is 1.47 bits per heavy atom. The molecule has 1 heterocycles. The van der Waals surface area contributed by atoms with Crippen molar-refractivity contribution in [3.8, 4) is 0 Å². The van der Waals surface area contributed by atoms with Crippen molar-refractivity contribution in [1.29, 1.82) is 0 Å². The molecule has 17 heavy (non-hydrogen) atoms. The highest BCUT2D eigenvalue weighted by molar-refractivity contribution is 5.94. The number of amides is 1. The summed E-state index contributed by atoms with van der Waals surface area (Å²) in [5.41, 5.74) is 7.05. The molecule has 1 aromatic heterocycles. The van der Waals surface area contributed by atoms with E-state index in [4.69, 9.17) is 5.73 Å². The number of rotatable bonds is 2. The van der Waals surface area contributed by atoms with Gasteiger partial charge >= 0.3 is 0 Å². The number of nitrogens with zero attached hydrogens (tertiary/aromatic N) is 1. The highest BCUT2D eigenvalue weighted by Gasteiger charge is 2.36. The molecule has 92 valence electrons. The van der Waals surface area contributed by atoms with Crippen LogP contribution in [0.15, 0.2) is 12.3 Å². The predicted molar refractivity (Wildman–Crippen MR) is 68.6 cm³/mol. The fourth-order valence-corrected chi connectivity index (χ4v) is 2.28. The first-order valence-electron chi connectivity index (χ1n) is 6.05. The summed E-state index contributed by atoms with van der Waals surface area (Å²) >= 11 is 0. The maximum absolute atomic E-state index is 12.2. The zero-order valence-electron chi connectivity index (χ0n) is 10.4. The van der Waals surface area contributed by atoms with Crippen LogP contribution in [-0.4, -0.2) is 10.9 Å². The lowest BCUT2D eigenvalue weighted by Crippen LogP contribution is -2.31. The van der Waals surface area contributed by atoms with E-state index in [9.17, 15) is 4.79 Å². The van der Waals surface area contributed by atoms with E-state index in [-0.39, 0.29) is 11.3 Å². The summed E-state index contributed by atoms with van der Waals surface area (Å²) in [6.45, 7) is 3.93. The molecule has 3 N–H and O–H groups in total.